The summed E-state index contributed by atoms with van der Waals surface area (Å²) >= 11 is 0. The number of methoxy groups -OCH3 is 1. The van der Waals surface area contributed by atoms with Gasteiger partial charge in [-0.1, -0.05) is 32.9 Å². The molecule has 0 radical (unpaired) electrons. The summed E-state index contributed by atoms with van der Waals surface area (Å²) in [6, 6.07) is 7.97. The van der Waals surface area contributed by atoms with Gasteiger partial charge in [0, 0.05) is 19.3 Å². The lowest BCUT2D eigenvalue weighted by Gasteiger charge is -2.19. The van der Waals surface area contributed by atoms with Crippen LogP contribution in [0.15, 0.2) is 24.3 Å². The molecule has 1 rings (SSSR count). The van der Waals surface area contributed by atoms with Crippen LogP contribution >= 0.6 is 0 Å². The lowest BCUT2D eigenvalue weighted by molar-refractivity contribution is -0.115. The van der Waals surface area contributed by atoms with Crippen molar-refractivity contribution in [1.82, 2.24) is 5.32 Å². The van der Waals surface area contributed by atoms with Gasteiger partial charge in [0.05, 0.1) is 13.2 Å². The van der Waals surface area contributed by atoms with Gasteiger partial charge in [0.2, 0.25) is 5.91 Å². The van der Waals surface area contributed by atoms with Crippen LogP contribution in [-0.2, 0) is 14.9 Å². The maximum atomic E-state index is 11.7. The van der Waals surface area contributed by atoms with Gasteiger partial charge >= 0.3 is 0 Å². The van der Waals surface area contributed by atoms with Gasteiger partial charge in [0.15, 0.2) is 0 Å². The van der Waals surface area contributed by atoms with E-state index in [0.29, 0.717) is 19.7 Å². The molecule has 0 bridgehead atoms. The van der Waals surface area contributed by atoms with Crippen LogP contribution in [0, 0.1) is 0 Å². The number of carbonyl (C=O) groups is 1. The predicted octanol–water partition coefficient (Wildman–Crippen LogP) is 2.16. The second-order valence-electron chi connectivity index (χ2n) is 5.55. The Kier molecular flexibility index (Phi) is 5.99. The molecule has 0 saturated heterocycles. The van der Waals surface area contributed by atoms with E-state index in [2.05, 4.69) is 37.5 Å². The number of hydrogen-bond acceptors (Lipinski definition) is 3. The summed E-state index contributed by atoms with van der Waals surface area (Å²) in [6.45, 7) is 8.03. The standard InChI is InChI=1S/C15H24N2O2/c1-15(2,3)12-6-5-7-13(10-12)17-14(18)11-16-8-9-19-4/h5-7,10,16H,8-9,11H2,1-4H3,(H,17,18). The molecule has 0 spiro atoms. The molecule has 0 aliphatic rings. The van der Waals surface area contributed by atoms with Crippen LogP contribution in [0.4, 0.5) is 5.69 Å². The summed E-state index contributed by atoms with van der Waals surface area (Å²) in [4.78, 5) is 11.7. The number of ether oxygens (including phenoxy) is 1. The Morgan fingerprint density at radius 1 is 1.32 bits per heavy atom. The van der Waals surface area contributed by atoms with Crippen LogP contribution in [0.5, 0.6) is 0 Å². The van der Waals surface area contributed by atoms with Crippen molar-refractivity contribution in [3.8, 4) is 0 Å². The number of hydrogen-bond donors (Lipinski definition) is 2. The number of benzene rings is 1. The maximum absolute atomic E-state index is 11.7. The molecule has 2 N–H and O–H groups in total. The molecule has 0 heterocycles. The third-order valence-corrected chi connectivity index (χ3v) is 2.78. The van der Waals surface area contributed by atoms with Gasteiger partial charge in [-0.2, -0.15) is 0 Å². The lowest BCUT2D eigenvalue weighted by atomic mass is 9.87. The Hall–Kier alpha value is -1.39. The van der Waals surface area contributed by atoms with E-state index in [0.717, 1.165) is 5.69 Å². The summed E-state index contributed by atoms with van der Waals surface area (Å²) < 4.78 is 4.90. The van der Waals surface area contributed by atoms with Crippen molar-refractivity contribution in [3.05, 3.63) is 29.8 Å². The van der Waals surface area contributed by atoms with Crippen molar-refractivity contribution in [2.45, 2.75) is 26.2 Å². The van der Waals surface area contributed by atoms with Crippen LogP contribution in [-0.4, -0.2) is 32.7 Å². The summed E-state index contributed by atoms with van der Waals surface area (Å²) in [5.41, 5.74) is 2.13. The largest absolute Gasteiger partial charge is 0.383 e. The zero-order valence-corrected chi connectivity index (χ0v) is 12.2. The van der Waals surface area contributed by atoms with Gasteiger partial charge in [-0.05, 0) is 23.1 Å². The topological polar surface area (TPSA) is 50.4 Å². The molecule has 0 aliphatic carbocycles. The summed E-state index contributed by atoms with van der Waals surface area (Å²) in [6.07, 6.45) is 0. The second kappa shape index (κ2) is 7.26. The molecule has 0 aromatic heterocycles. The Morgan fingerprint density at radius 3 is 2.68 bits per heavy atom. The molecule has 1 aromatic rings. The van der Waals surface area contributed by atoms with Gasteiger partial charge in [-0.15, -0.1) is 0 Å². The molecule has 19 heavy (non-hydrogen) atoms. The highest BCUT2D eigenvalue weighted by atomic mass is 16.5. The van der Waals surface area contributed by atoms with Crippen molar-refractivity contribution in [2.24, 2.45) is 0 Å². The fourth-order valence-corrected chi connectivity index (χ4v) is 1.64. The summed E-state index contributed by atoms with van der Waals surface area (Å²) in [5, 5.41) is 5.90. The zero-order valence-electron chi connectivity index (χ0n) is 12.2. The first-order chi connectivity index (χ1) is 8.93. The number of anilines is 1. The molecule has 0 atom stereocenters. The first-order valence-corrected chi connectivity index (χ1v) is 6.53. The fourth-order valence-electron chi connectivity index (χ4n) is 1.64. The molecule has 0 saturated carbocycles. The molecular weight excluding hydrogens is 240 g/mol. The second-order valence-corrected chi connectivity index (χ2v) is 5.55. The highest BCUT2D eigenvalue weighted by molar-refractivity contribution is 5.92. The molecule has 1 amide bonds. The normalized spacial score (nSPS) is 11.4. The van der Waals surface area contributed by atoms with Crippen molar-refractivity contribution >= 4 is 11.6 Å². The minimum absolute atomic E-state index is 0.0397. The van der Waals surface area contributed by atoms with E-state index in [-0.39, 0.29) is 11.3 Å². The minimum Gasteiger partial charge on any atom is -0.383 e. The monoisotopic (exact) mass is 264 g/mol. The van der Waals surface area contributed by atoms with Crippen LogP contribution < -0.4 is 10.6 Å². The zero-order chi connectivity index (χ0) is 14.3. The van der Waals surface area contributed by atoms with Crippen molar-refractivity contribution in [2.75, 3.05) is 32.1 Å². The predicted molar refractivity (Wildman–Crippen MR) is 78.5 cm³/mol. The molecule has 106 valence electrons. The van der Waals surface area contributed by atoms with E-state index in [1.54, 1.807) is 7.11 Å². The SMILES string of the molecule is COCCNCC(=O)Nc1cccc(C(C)(C)C)c1. The van der Waals surface area contributed by atoms with E-state index in [1.165, 1.54) is 5.56 Å². The van der Waals surface area contributed by atoms with Gasteiger partial charge in [-0.3, -0.25) is 4.79 Å². The Bertz CT molecular complexity index is 411. The fraction of sp³-hybridized carbons (Fsp3) is 0.533. The molecule has 0 unspecified atom stereocenters. The van der Waals surface area contributed by atoms with E-state index in [9.17, 15) is 4.79 Å². The number of amides is 1. The molecule has 1 aromatic carbocycles. The summed E-state index contributed by atoms with van der Waals surface area (Å²) in [7, 11) is 1.64. The molecule has 0 fully saturated rings. The van der Waals surface area contributed by atoms with E-state index in [1.807, 2.05) is 18.2 Å². The van der Waals surface area contributed by atoms with Crippen molar-refractivity contribution < 1.29 is 9.53 Å². The highest BCUT2D eigenvalue weighted by Crippen LogP contribution is 2.24. The Labute approximate surface area is 115 Å². The third kappa shape index (κ3) is 5.85. The Balaban J connectivity index is 2.50. The average Bonchev–Trinajstić information content (AvgIpc) is 2.34. The van der Waals surface area contributed by atoms with Crippen LogP contribution in [0.25, 0.3) is 0 Å². The third-order valence-electron chi connectivity index (χ3n) is 2.78. The molecule has 4 heteroatoms. The van der Waals surface area contributed by atoms with Gasteiger partial charge < -0.3 is 15.4 Å². The molecule has 4 nitrogen and oxygen atoms in total. The molecule has 0 aliphatic heterocycles. The Morgan fingerprint density at radius 2 is 2.05 bits per heavy atom. The first kappa shape index (κ1) is 15.7. The smallest absolute Gasteiger partial charge is 0.238 e. The van der Waals surface area contributed by atoms with Gasteiger partial charge in [-0.25, -0.2) is 0 Å². The van der Waals surface area contributed by atoms with Crippen LogP contribution in [0.1, 0.15) is 26.3 Å². The van der Waals surface area contributed by atoms with Gasteiger partial charge in [0.25, 0.3) is 0 Å². The van der Waals surface area contributed by atoms with Crippen molar-refractivity contribution in [1.29, 1.82) is 0 Å². The quantitative estimate of drug-likeness (QED) is 0.774. The number of nitrogens with one attached hydrogen (secondary N) is 2. The van der Waals surface area contributed by atoms with E-state index in [4.69, 9.17) is 4.74 Å². The van der Waals surface area contributed by atoms with Crippen LogP contribution in [0.2, 0.25) is 0 Å². The highest BCUT2D eigenvalue weighted by Gasteiger charge is 2.13. The van der Waals surface area contributed by atoms with Crippen LogP contribution in [0.3, 0.4) is 0 Å². The molecular formula is C15H24N2O2. The summed E-state index contributed by atoms with van der Waals surface area (Å²) in [5.74, 6) is -0.0397. The minimum atomic E-state index is -0.0397. The first-order valence-electron chi connectivity index (χ1n) is 6.53. The van der Waals surface area contributed by atoms with Gasteiger partial charge in [0.1, 0.15) is 0 Å². The van der Waals surface area contributed by atoms with E-state index < -0.39 is 0 Å². The van der Waals surface area contributed by atoms with E-state index >= 15 is 0 Å². The number of carbonyl (C=O) groups excluding carboxylic acids is 1. The maximum Gasteiger partial charge on any atom is 0.238 e. The number of rotatable bonds is 6. The lowest BCUT2D eigenvalue weighted by Crippen LogP contribution is -2.30. The van der Waals surface area contributed by atoms with Crippen molar-refractivity contribution in [3.63, 3.8) is 0 Å². The average molecular weight is 264 g/mol.